The molecule has 0 radical (unpaired) electrons. The predicted octanol–water partition coefficient (Wildman–Crippen LogP) is 13.0. The van der Waals surface area contributed by atoms with Gasteiger partial charge in [-0.05, 0) is 25.1 Å². The third-order valence-corrected chi connectivity index (χ3v) is 8.92. The van der Waals surface area contributed by atoms with Gasteiger partial charge in [0.05, 0.1) is 0 Å². The van der Waals surface area contributed by atoms with E-state index in [0.717, 1.165) is 18.2 Å². The van der Waals surface area contributed by atoms with Gasteiger partial charge in [0.15, 0.2) is 5.11 Å². The highest BCUT2D eigenvalue weighted by atomic mass is 32.1. The molecular weight excluding hydrogens is 504 g/mol. The van der Waals surface area contributed by atoms with Gasteiger partial charge in [-0.2, -0.15) is 0 Å². The van der Waals surface area contributed by atoms with Crippen LogP contribution in [0.25, 0.3) is 0 Å². The molecule has 0 rings (SSSR count). The molecule has 0 bridgehead atoms. The van der Waals surface area contributed by atoms with Crippen LogP contribution in [-0.4, -0.2) is 18.2 Å². The van der Waals surface area contributed by atoms with Crippen LogP contribution in [0.4, 0.5) is 0 Å². The molecule has 2 nitrogen and oxygen atoms in total. The Kier molecular flexibility index (Phi) is 36.4. The molecule has 0 aliphatic rings. The van der Waals surface area contributed by atoms with E-state index in [1.807, 2.05) is 0 Å². The van der Waals surface area contributed by atoms with E-state index in [4.69, 9.17) is 12.2 Å². The van der Waals surface area contributed by atoms with Crippen molar-refractivity contribution in [2.45, 2.75) is 219 Å². The highest BCUT2D eigenvalue weighted by Crippen LogP contribution is 2.15. The van der Waals surface area contributed by atoms with E-state index < -0.39 is 0 Å². The molecule has 0 aromatic carbocycles. The standard InChI is InChI=1S/C37H76N2S/c1-3-5-7-9-11-13-15-17-19-21-23-25-27-29-31-33-35-38-37(40)39-36-34-32-30-28-26-24-22-20-18-16-14-12-10-8-6-4-2/h3-36H2,1-2H3,(H2,38,39,40). The maximum absolute atomic E-state index is 5.45. The summed E-state index contributed by atoms with van der Waals surface area (Å²) >= 11 is 5.45. The average molecular weight is 581 g/mol. The highest BCUT2D eigenvalue weighted by Gasteiger charge is 1.98. The number of nitrogens with one attached hydrogen (secondary N) is 2. The van der Waals surface area contributed by atoms with Crippen LogP contribution in [0.1, 0.15) is 219 Å². The Balaban J connectivity index is 3.14. The molecule has 2 N–H and O–H groups in total. The fourth-order valence-corrected chi connectivity index (χ4v) is 6.02. The van der Waals surface area contributed by atoms with Crippen LogP contribution < -0.4 is 10.6 Å². The first kappa shape index (κ1) is 39.7. The molecule has 40 heavy (non-hydrogen) atoms. The summed E-state index contributed by atoms with van der Waals surface area (Å²) in [6.07, 6.45) is 45.5. The van der Waals surface area contributed by atoms with Crippen LogP contribution in [0.2, 0.25) is 0 Å². The number of thiocarbonyl (C=S) groups is 1. The first-order valence-electron chi connectivity index (χ1n) is 18.8. The van der Waals surface area contributed by atoms with Gasteiger partial charge in [-0.1, -0.05) is 206 Å². The van der Waals surface area contributed by atoms with E-state index in [2.05, 4.69) is 24.5 Å². The number of hydrogen-bond acceptors (Lipinski definition) is 1. The van der Waals surface area contributed by atoms with Crippen molar-refractivity contribution in [1.82, 2.24) is 10.6 Å². The van der Waals surface area contributed by atoms with E-state index in [1.54, 1.807) is 0 Å². The molecule has 0 heterocycles. The van der Waals surface area contributed by atoms with Gasteiger partial charge in [0, 0.05) is 13.1 Å². The molecule has 0 amide bonds. The Morgan fingerprint density at radius 1 is 0.300 bits per heavy atom. The van der Waals surface area contributed by atoms with Gasteiger partial charge in [-0.3, -0.25) is 0 Å². The largest absolute Gasteiger partial charge is 0.363 e. The molecule has 0 aromatic rings. The SMILES string of the molecule is CCCCCCCCCCCCCCCCCCNC(=S)NCCCCCCCCCCCCCCCCCC. The van der Waals surface area contributed by atoms with Gasteiger partial charge in [-0.25, -0.2) is 0 Å². The second kappa shape index (κ2) is 36.7. The van der Waals surface area contributed by atoms with Crippen molar-refractivity contribution >= 4 is 17.3 Å². The van der Waals surface area contributed by atoms with Crippen molar-refractivity contribution in [3.63, 3.8) is 0 Å². The van der Waals surface area contributed by atoms with Crippen molar-refractivity contribution in [2.24, 2.45) is 0 Å². The van der Waals surface area contributed by atoms with Crippen LogP contribution >= 0.6 is 12.2 Å². The molecule has 0 fully saturated rings. The summed E-state index contributed by atoms with van der Waals surface area (Å²) in [4.78, 5) is 0. The van der Waals surface area contributed by atoms with Gasteiger partial charge in [0.1, 0.15) is 0 Å². The van der Waals surface area contributed by atoms with E-state index in [9.17, 15) is 0 Å². The van der Waals surface area contributed by atoms with E-state index in [-0.39, 0.29) is 0 Å². The average Bonchev–Trinajstić information content (AvgIpc) is 2.96. The van der Waals surface area contributed by atoms with Crippen LogP contribution in [0.5, 0.6) is 0 Å². The normalized spacial score (nSPS) is 11.2. The van der Waals surface area contributed by atoms with Crippen molar-refractivity contribution in [2.75, 3.05) is 13.1 Å². The molecule has 0 saturated heterocycles. The van der Waals surface area contributed by atoms with Crippen molar-refractivity contribution < 1.29 is 0 Å². The second-order valence-electron chi connectivity index (χ2n) is 12.8. The minimum absolute atomic E-state index is 0.863. The van der Waals surface area contributed by atoms with Crippen LogP contribution in [-0.2, 0) is 0 Å². The molecular formula is C37H76N2S. The molecule has 0 aliphatic carbocycles. The topological polar surface area (TPSA) is 24.1 Å². The summed E-state index contributed by atoms with van der Waals surface area (Å²) in [5, 5.41) is 7.68. The van der Waals surface area contributed by atoms with Crippen LogP contribution in [0.15, 0.2) is 0 Å². The lowest BCUT2D eigenvalue weighted by atomic mass is 10.0. The van der Waals surface area contributed by atoms with Crippen LogP contribution in [0.3, 0.4) is 0 Å². The van der Waals surface area contributed by atoms with Crippen molar-refractivity contribution in [3.8, 4) is 0 Å². The van der Waals surface area contributed by atoms with Gasteiger partial charge in [-0.15, -0.1) is 0 Å². The van der Waals surface area contributed by atoms with Gasteiger partial charge >= 0.3 is 0 Å². The number of hydrogen-bond donors (Lipinski definition) is 2. The Bertz CT molecular complexity index is 427. The number of unbranched alkanes of at least 4 members (excludes halogenated alkanes) is 30. The van der Waals surface area contributed by atoms with Gasteiger partial charge in [0.2, 0.25) is 0 Å². The zero-order valence-electron chi connectivity index (χ0n) is 27.9. The minimum atomic E-state index is 0.863. The lowest BCUT2D eigenvalue weighted by Gasteiger charge is -2.10. The third-order valence-electron chi connectivity index (χ3n) is 8.63. The molecule has 240 valence electrons. The Labute approximate surface area is 259 Å². The van der Waals surface area contributed by atoms with E-state index >= 15 is 0 Å². The highest BCUT2D eigenvalue weighted by molar-refractivity contribution is 7.80. The first-order valence-corrected chi connectivity index (χ1v) is 19.2. The fraction of sp³-hybridized carbons (Fsp3) is 0.973. The lowest BCUT2D eigenvalue weighted by Crippen LogP contribution is -2.36. The molecule has 0 saturated carbocycles. The van der Waals surface area contributed by atoms with Crippen LogP contribution in [0, 0.1) is 0 Å². The van der Waals surface area contributed by atoms with Gasteiger partial charge in [0.25, 0.3) is 0 Å². The molecule has 0 atom stereocenters. The second-order valence-corrected chi connectivity index (χ2v) is 13.2. The summed E-state index contributed by atoms with van der Waals surface area (Å²) in [7, 11) is 0. The zero-order valence-corrected chi connectivity index (χ0v) is 28.8. The van der Waals surface area contributed by atoms with E-state index in [1.165, 1.54) is 205 Å². The summed E-state index contributed by atoms with van der Waals surface area (Å²) in [5.74, 6) is 0. The molecule has 0 unspecified atom stereocenters. The Morgan fingerprint density at radius 3 is 0.675 bits per heavy atom. The smallest absolute Gasteiger partial charge is 0.166 e. The predicted molar refractivity (Wildman–Crippen MR) is 188 cm³/mol. The summed E-state index contributed by atoms with van der Waals surface area (Å²) in [6.45, 7) is 6.66. The zero-order chi connectivity index (χ0) is 29.0. The molecule has 0 spiro atoms. The molecule has 0 aromatic heterocycles. The summed E-state index contributed by atoms with van der Waals surface area (Å²) < 4.78 is 0. The third kappa shape index (κ3) is 35.7. The maximum Gasteiger partial charge on any atom is 0.166 e. The first-order chi connectivity index (χ1) is 19.8. The maximum atomic E-state index is 5.45. The lowest BCUT2D eigenvalue weighted by molar-refractivity contribution is 0.528. The Morgan fingerprint density at radius 2 is 0.475 bits per heavy atom. The minimum Gasteiger partial charge on any atom is -0.363 e. The summed E-state index contributed by atoms with van der Waals surface area (Å²) in [6, 6.07) is 0. The van der Waals surface area contributed by atoms with Crippen molar-refractivity contribution in [3.05, 3.63) is 0 Å². The van der Waals surface area contributed by atoms with Gasteiger partial charge < -0.3 is 10.6 Å². The number of rotatable bonds is 34. The summed E-state index contributed by atoms with van der Waals surface area (Å²) in [5.41, 5.74) is 0. The fourth-order valence-electron chi connectivity index (χ4n) is 5.81. The monoisotopic (exact) mass is 581 g/mol. The quantitative estimate of drug-likeness (QED) is 0.0584. The Hall–Kier alpha value is -0.310. The van der Waals surface area contributed by atoms with Crippen molar-refractivity contribution in [1.29, 1.82) is 0 Å². The molecule has 0 aliphatic heterocycles. The molecule has 3 heteroatoms. The van der Waals surface area contributed by atoms with E-state index in [0.29, 0.717) is 0 Å².